The minimum atomic E-state index is -0.254. The smallest absolute Gasteiger partial charge is 0.273 e. The topological polar surface area (TPSA) is 92.9 Å². The Morgan fingerprint density at radius 3 is 3.00 bits per heavy atom. The van der Waals surface area contributed by atoms with Crippen LogP contribution in [0, 0.1) is 12.8 Å². The summed E-state index contributed by atoms with van der Waals surface area (Å²) in [7, 11) is 0. The lowest BCUT2D eigenvalue weighted by molar-refractivity contribution is 0.0939. The molecule has 3 aromatic rings. The zero-order chi connectivity index (χ0) is 17.8. The first-order valence-corrected chi connectivity index (χ1v) is 8.26. The van der Waals surface area contributed by atoms with Crippen molar-refractivity contribution in [3.05, 3.63) is 48.0 Å². The highest BCUT2D eigenvalue weighted by atomic mass is 16.3. The SMILES string of the molecule is Cc1c(C(=O)NCC(C)CCO)nnn1-c1cccc2cnccc12. The Labute approximate surface area is 145 Å². The lowest BCUT2D eigenvalue weighted by Crippen LogP contribution is -2.29. The molecule has 0 radical (unpaired) electrons. The number of hydrogen-bond donors (Lipinski definition) is 2. The lowest BCUT2D eigenvalue weighted by Gasteiger charge is -2.10. The number of carbonyl (C=O) groups excluding carboxylic acids is 1. The number of fused-ring (bicyclic) bond motifs is 1. The Bertz CT molecular complexity index is 885. The molecular formula is C18H21N5O2. The number of aliphatic hydroxyl groups is 1. The summed E-state index contributed by atoms with van der Waals surface area (Å²) in [6.07, 6.45) is 4.17. The number of aliphatic hydroxyl groups excluding tert-OH is 1. The second-order valence-electron chi connectivity index (χ2n) is 6.14. The summed E-state index contributed by atoms with van der Waals surface area (Å²) in [5.41, 5.74) is 1.84. The fourth-order valence-corrected chi connectivity index (χ4v) is 2.73. The molecule has 0 bridgehead atoms. The molecule has 3 rings (SSSR count). The Morgan fingerprint density at radius 1 is 1.36 bits per heavy atom. The van der Waals surface area contributed by atoms with Crippen molar-refractivity contribution in [2.24, 2.45) is 5.92 Å². The van der Waals surface area contributed by atoms with Gasteiger partial charge in [0.1, 0.15) is 0 Å². The van der Waals surface area contributed by atoms with Crippen LogP contribution in [0.3, 0.4) is 0 Å². The minimum Gasteiger partial charge on any atom is -0.396 e. The van der Waals surface area contributed by atoms with Crippen molar-refractivity contribution in [1.82, 2.24) is 25.3 Å². The van der Waals surface area contributed by atoms with Gasteiger partial charge in [-0.05, 0) is 31.4 Å². The molecule has 0 fully saturated rings. The average Bonchev–Trinajstić information content (AvgIpc) is 3.01. The van der Waals surface area contributed by atoms with Gasteiger partial charge in [-0.1, -0.05) is 24.3 Å². The molecule has 2 heterocycles. The second-order valence-corrected chi connectivity index (χ2v) is 6.14. The van der Waals surface area contributed by atoms with Gasteiger partial charge in [-0.2, -0.15) is 0 Å². The van der Waals surface area contributed by atoms with Crippen molar-refractivity contribution in [2.75, 3.05) is 13.2 Å². The molecule has 0 spiro atoms. The lowest BCUT2D eigenvalue weighted by atomic mass is 10.1. The molecule has 1 atom stereocenters. The standard InChI is InChI=1S/C18H21N5O2/c1-12(7-9-24)10-20-18(25)17-13(2)23(22-21-17)16-5-3-4-14-11-19-8-6-15(14)16/h3-6,8,11-12,24H,7,9-10H2,1-2H3,(H,20,25). The number of aromatic nitrogens is 4. The van der Waals surface area contributed by atoms with Gasteiger partial charge < -0.3 is 10.4 Å². The van der Waals surface area contributed by atoms with Crippen LogP contribution in [-0.4, -0.2) is 44.1 Å². The molecule has 1 amide bonds. The Kier molecular flexibility index (Phi) is 5.04. The van der Waals surface area contributed by atoms with Gasteiger partial charge in [0.05, 0.1) is 11.4 Å². The molecule has 0 aliphatic heterocycles. The predicted molar refractivity (Wildman–Crippen MR) is 94.6 cm³/mol. The summed E-state index contributed by atoms with van der Waals surface area (Å²) in [6.45, 7) is 4.41. The van der Waals surface area contributed by atoms with Gasteiger partial charge in [0.25, 0.3) is 5.91 Å². The minimum absolute atomic E-state index is 0.113. The number of carbonyl (C=O) groups is 1. The van der Waals surface area contributed by atoms with Crippen LogP contribution in [-0.2, 0) is 0 Å². The zero-order valence-electron chi connectivity index (χ0n) is 14.3. The number of pyridine rings is 1. The maximum absolute atomic E-state index is 12.4. The third-order valence-electron chi connectivity index (χ3n) is 4.23. The maximum Gasteiger partial charge on any atom is 0.273 e. The normalized spacial score (nSPS) is 12.3. The third-order valence-corrected chi connectivity index (χ3v) is 4.23. The average molecular weight is 339 g/mol. The van der Waals surface area contributed by atoms with Gasteiger partial charge in [-0.25, -0.2) is 4.68 Å². The van der Waals surface area contributed by atoms with Crippen LogP contribution in [0.5, 0.6) is 0 Å². The molecule has 25 heavy (non-hydrogen) atoms. The van der Waals surface area contributed by atoms with Crippen LogP contribution in [0.1, 0.15) is 29.5 Å². The molecule has 0 aliphatic carbocycles. The number of nitrogens with one attached hydrogen (secondary N) is 1. The van der Waals surface area contributed by atoms with E-state index < -0.39 is 0 Å². The van der Waals surface area contributed by atoms with Crippen molar-refractivity contribution in [1.29, 1.82) is 0 Å². The first kappa shape index (κ1) is 17.0. The fourth-order valence-electron chi connectivity index (χ4n) is 2.73. The van der Waals surface area contributed by atoms with E-state index in [1.165, 1.54) is 0 Å². The molecule has 2 aromatic heterocycles. The molecule has 7 heteroatoms. The van der Waals surface area contributed by atoms with E-state index in [4.69, 9.17) is 5.11 Å². The molecule has 0 saturated carbocycles. The van der Waals surface area contributed by atoms with E-state index >= 15 is 0 Å². The second kappa shape index (κ2) is 7.40. The summed E-state index contributed by atoms with van der Waals surface area (Å²) in [4.78, 5) is 16.5. The fraction of sp³-hybridized carbons (Fsp3) is 0.333. The van der Waals surface area contributed by atoms with E-state index in [2.05, 4.69) is 20.6 Å². The van der Waals surface area contributed by atoms with Crippen LogP contribution in [0.4, 0.5) is 0 Å². The Morgan fingerprint density at radius 2 is 2.20 bits per heavy atom. The molecular weight excluding hydrogens is 318 g/mol. The summed E-state index contributed by atoms with van der Waals surface area (Å²) < 4.78 is 1.67. The van der Waals surface area contributed by atoms with Gasteiger partial charge in [-0.3, -0.25) is 9.78 Å². The van der Waals surface area contributed by atoms with Crippen LogP contribution >= 0.6 is 0 Å². The van der Waals surface area contributed by atoms with Crippen molar-refractivity contribution in [2.45, 2.75) is 20.3 Å². The summed E-state index contributed by atoms with van der Waals surface area (Å²) >= 11 is 0. The Balaban J connectivity index is 1.87. The molecule has 1 unspecified atom stereocenters. The molecule has 0 saturated heterocycles. The zero-order valence-corrected chi connectivity index (χ0v) is 14.3. The van der Waals surface area contributed by atoms with Crippen molar-refractivity contribution >= 4 is 16.7 Å². The summed E-state index contributed by atoms with van der Waals surface area (Å²) in [5, 5.41) is 22.0. The first-order chi connectivity index (χ1) is 12.1. The van der Waals surface area contributed by atoms with Gasteiger partial charge in [0, 0.05) is 36.3 Å². The highest BCUT2D eigenvalue weighted by Crippen LogP contribution is 2.22. The summed E-state index contributed by atoms with van der Waals surface area (Å²) in [6, 6.07) is 7.77. The highest BCUT2D eigenvalue weighted by molar-refractivity contribution is 5.94. The van der Waals surface area contributed by atoms with E-state index in [0.717, 1.165) is 16.5 Å². The van der Waals surface area contributed by atoms with Gasteiger partial charge in [0.2, 0.25) is 0 Å². The number of hydrogen-bond acceptors (Lipinski definition) is 5. The van der Waals surface area contributed by atoms with Crippen LogP contribution < -0.4 is 5.32 Å². The first-order valence-electron chi connectivity index (χ1n) is 8.26. The van der Waals surface area contributed by atoms with Gasteiger partial charge in [0.15, 0.2) is 5.69 Å². The number of benzene rings is 1. The molecule has 1 aromatic carbocycles. The van der Waals surface area contributed by atoms with Crippen molar-refractivity contribution in [3.63, 3.8) is 0 Å². The van der Waals surface area contributed by atoms with Crippen LogP contribution in [0.15, 0.2) is 36.7 Å². The molecule has 0 aliphatic rings. The predicted octanol–water partition coefficient (Wildman–Crippen LogP) is 1.87. The van der Waals surface area contributed by atoms with E-state index in [1.54, 1.807) is 17.1 Å². The van der Waals surface area contributed by atoms with Crippen LogP contribution in [0.25, 0.3) is 16.5 Å². The largest absolute Gasteiger partial charge is 0.396 e. The van der Waals surface area contributed by atoms with Gasteiger partial charge in [-0.15, -0.1) is 5.10 Å². The molecule has 2 N–H and O–H groups in total. The third kappa shape index (κ3) is 3.51. The van der Waals surface area contributed by atoms with E-state index in [9.17, 15) is 4.79 Å². The maximum atomic E-state index is 12.4. The van der Waals surface area contributed by atoms with Crippen molar-refractivity contribution in [3.8, 4) is 5.69 Å². The van der Waals surface area contributed by atoms with E-state index in [-0.39, 0.29) is 18.4 Å². The number of amides is 1. The Hall–Kier alpha value is -2.80. The van der Waals surface area contributed by atoms with E-state index in [0.29, 0.717) is 24.4 Å². The molecule has 130 valence electrons. The monoisotopic (exact) mass is 339 g/mol. The number of rotatable bonds is 6. The molecule has 7 nitrogen and oxygen atoms in total. The summed E-state index contributed by atoms with van der Waals surface area (Å²) in [5.74, 6) is -0.0506. The quantitative estimate of drug-likeness (QED) is 0.715. The highest BCUT2D eigenvalue weighted by Gasteiger charge is 2.18. The van der Waals surface area contributed by atoms with E-state index in [1.807, 2.05) is 38.1 Å². The number of nitrogens with zero attached hydrogens (tertiary/aromatic N) is 4. The van der Waals surface area contributed by atoms with Crippen molar-refractivity contribution < 1.29 is 9.90 Å². The van der Waals surface area contributed by atoms with Crippen LogP contribution in [0.2, 0.25) is 0 Å². The van der Waals surface area contributed by atoms with Gasteiger partial charge >= 0.3 is 0 Å².